The summed E-state index contributed by atoms with van der Waals surface area (Å²) < 4.78 is 50.7. The van der Waals surface area contributed by atoms with Crippen LogP contribution >= 0.6 is 22.1 Å². The molecule has 0 saturated heterocycles. The fourth-order valence-electron chi connectivity index (χ4n) is 2.97. The number of nitrogens with one attached hydrogen (secondary N) is 2. The first kappa shape index (κ1) is 24.6. The number of hydrogen-bond acceptors (Lipinski definition) is 10. The summed E-state index contributed by atoms with van der Waals surface area (Å²) in [5, 5.41) is 15.4. The molecule has 2 aromatic heterocycles. The lowest BCUT2D eigenvalue weighted by Crippen LogP contribution is -2.50. The monoisotopic (exact) mass is 506 g/mol. The van der Waals surface area contributed by atoms with E-state index in [4.69, 9.17) is 5.11 Å². The number of halogens is 2. The number of alkyl halides is 2. The maximum absolute atomic E-state index is 12.6. The summed E-state index contributed by atoms with van der Waals surface area (Å²) in [7, 11) is -2.11. The van der Waals surface area contributed by atoms with Crippen molar-refractivity contribution in [1.29, 1.82) is 0 Å². The Morgan fingerprint density at radius 3 is 2.67 bits per heavy atom. The molecule has 33 heavy (non-hydrogen) atoms. The van der Waals surface area contributed by atoms with E-state index in [0.29, 0.717) is 10.6 Å². The van der Waals surface area contributed by atoms with Gasteiger partial charge in [-0.1, -0.05) is 0 Å². The second-order valence-electron chi connectivity index (χ2n) is 7.12. The second kappa shape index (κ2) is 9.05. The topological polar surface area (TPSA) is 170 Å². The van der Waals surface area contributed by atoms with Crippen molar-refractivity contribution in [2.45, 2.75) is 26.0 Å². The Kier molecular flexibility index (Phi) is 6.73. The smallest absolute Gasteiger partial charge is 0.411 e. The first-order valence-corrected chi connectivity index (χ1v) is 11.6. The van der Waals surface area contributed by atoms with Crippen molar-refractivity contribution in [3.8, 4) is 5.75 Å². The highest BCUT2D eigenvalue weighted by atomic mass is 32.3. The van der Waals surface area contributed by atoms with Crippen LogP contribution in [-0.2, 0) is 5.54 Å². The number of rotatable bonds is 5. The third kappa shape index (κ3) is 5.47. The molecule has 3 rings (SSSR count). The SMILES string of the molecule is Cc1cc(OC(F)F)cnc1C(=O)Nc1csc([C@]2(C)CS(O)(O)N(C)C(NC(=O)O)=N2)n1. The fraction of sp³-hybridized carbons (Fsp3) is 0.353. The van der Waals surface area contributed by atoms with E-state index in [0.717, 1.165) is 21.8 Å². The number of carbonyl (C=O) groups excluding carboxylic acids is 1. The molecule has 2 aromatic rings. The fourth-order valence-corrected chi connectivity index (χ4v) is 5.43. The average Bonchev–Trinajstić information content (AvgIpc) is 3.14. The number of aryl methyl sites for hydroxylation is 1. The van der Waals surface area contributed by atoms with Gasteiger partial charge in [0.15, 0.2) is 0 Å². The number of guanidine groups is 1. The molecule has 0 aliphatic carbocycles. The van der Waals surface area contributed by atoms with Crippen LogP contribution in [-0.4, -0.2) is 65.9 Å². The van der Waals surface area contributed by atoms with Crippen LogP contribution in [0.1, 0.15) is 28.0 Å². The number of thiazole rings is 1. The van der Waals surface area contributed by atoms with Crippen molar-refractivity contribution in [1.82, 2.24) is 19.6 Å². The summed E-state index contributed by atoms with van der Waals surface area (Å²) in [6.07, 6.45) is -0.434. The van der Waals surface area contributed by atoms with Crippen molar-refractivity contribution in [3.05, 3.63) is 33.9 Å². The number of aromatic nitrogens is 2. The van der Waals surface area contributed by atoms with Crippen LogP contribution in [0, 0.1) is 6.92 Å². The predicted molar refractivity (Wildman–Crippen MR) is 117 cm³/mol. The molecule has 1 atom stereocenters. The van der Waals surface area contributed by atoms with E-state index in [1.807, 2.05) is 5.32 Å². The first-order valence-electron chi connectivity index (χ1n) is 9.09. The summed E-state index contributed by atoms with van der Waals surface area (Å²) in [6.45, 7) is 0.0332. The number of hydrogen-bond donors (Lipinski definition) is 5. The number of pyridine rings is 1. The Balaban J connectivity index is 1.82. The summed E-state index contributed by atoms with van der Waals surface area (Å²) in [4.78, 5) is 36.1. The molecule has 0 radical (unpaired) electrons. The van der Waals surface area contributed by atoms with Crippen molar-refractivity contribution < 1.29 is 37.3 Å². The van der Waals surface area contributed by atoms with Gasteiger partial charge in [-0.05, 0) is 25.5 Å². The molecule has 180 valence electrons. The van der Waals surface area contributed by atoms with Crippen LogP contribution in [0.15, 0.2) is 22.6 Å². The van der Waals surface area contributed by atoms with E-state index in [1.54, 1.807) is 6.92 Å². The van der Waals surface area contributed by atoms with E-state index in [-0.39, 0.29) is 29.0 Å². The zero-order chi connectivity index (χ0) is 24.6. The van der Waals surface area contributed by atoms with Crippen molar-refractivity contribution in [2.75, 3.05) is 18.1 Å². The van der Waals surface area contributed by atoms with E-state index < -0.39 is 34.9 Å². The molecule has 2 amide bonds. The van der Waals surface area contributed by atoms with Crippen molar-refractivity contribution >= 4 is 45.9 Å². The zero-order valence-corrected chi connectivity index (χ0v) is 19.1. The van der Waals surface area contributed by atoms with E-state index >= 15 is 0 Å². The molecule has 0 bridgehead atoms. The van der Waals surface area contributed by atoms with Gasteiger partial charge in [-0.15, -0.1) is 22.1 Å². The second-order valence-corrected chi connectivity index (χ2v) is 10.1. The number of amides is 2. The van der Waals surface area contributed by atoms with Gasteiger partial charge >= 0.3 is 12.7 Å². The highest BCUT2D eigenvalue weighted by molar-refractivity contribution is 8.22. The minimum absolute atomic E-state index is 0.0307. The summed E-state index contributed by atoms with van der Waals surface area (Å²) >= 11 is 1.07. The minimum Gasteiger partial charge on any atom is -0.465 e. The quantitative estimate of drug-likeness (QED) is 0.409. The van der Waals surface area contributed by atoms with Gasteiger partial charge in [-0.3, -0.25) is 19.2 Å². The van der Waals surface area contributed by atoms with Gasteiger partial charge in [0, 0.05) is 12.4 Å². The van der Waals surface area contributed by atoms with Crippen LogP contribution in [0.5, 0.6) is 5.75 Å². The van der Waals surface area contributed by atoms with Gasteiger partial charge in [-0.25, -0.2) is 24.1 Å². The molecule has 3 heterocycles. The van der Waals surface area contributed by atoms with Crippen molar-refractivity contribution in [2.24, 2.45) is 4.99 Å². The number of carboxylic acid groups (broad SMARTS) is 1. The average molecular weight is 507 g/mol. The van der Waals surface area contributed by atoms with Gasteiger partial charge in [0.1, 0.15) is 27.8 Å². The Bertz CT molecular complexity index is 1110. The highest BCUT2D eigenvalue weighted by Gasteiger charge is 2.43. The maximum Gasteiger partial charge on any atom is 0.411 e. The molecule has 0 aromatic carbocycles. The van der Waals surface area contributed by atoms with Crippen LogP contribution in [0.3, 0.4) is 0 Å². The standard InChI is InChI=1S/C17H20F2N6O6S2/c1-8-4-9(31-14(18)19)5-20-11(8)12(26)21-10-6-32-13(22-10)17(2)7-33(29,30)25(3)15(24-17)23-16(27)28/h4-6,14,29-30H,7H2,1-3H3,(H,21,26)(H,23,24)(H,27,28)/t17-/m0/s1. The molecule has 1 aliphatic rings. The number of aliphatic imine (C=N–C) groups is 1. The maximum atomic E-state index is 12.6. The van der Waals surface area contributed by atoms with Crippen molar-refractivity contribution in [3.63, 3.8) is 0 Å². The van der Waals surface area contributed by atoms with Gasteiger partial charge in [-0.2, -0.15) is 8.78 Å². The Morgan fingerprint density at radius 2 is 2.06 bits per heavy atom. The molecule has 5 N–H and O–H groups in total. The largest absolute Gasteiger partial charge is 0.465 e. The molecule has 12 nitrogen and oxygen atoms in total. The number of ether oxygens (including phenoxy) is 1. The molecular formula is C17H20F2N6O6S2. The van der Waals surface area contributed by atoms with Gasteiger partial charge in [0.2, 0.25) is 5.96 Å². The lowest BCUT2D eigenvalue weighted by atomic mass is 10.1. The molecule has 16 heteroatoms. The first-order chi connectivity index (χ1) is 15.3. The Labute approximate surface area is 191 Å². The Morgan fingerprint density at radius 1 is 1.36 bits per heavy atom. The zero-order valence-electron chi connectivity index (χ0n) is 17.4. The van der Waals surface area contributed by atoms with Crippen LogP contribution < -0.4 is 15.4 Å². The third-order valence-corrected chi connectivity index (χ3v) is 7.58. The lowest BCUT2D eigenvalue weighted by Gasteiger charge is -2.49. The van der Waals surface area contributed by atoms with E-state index in [2.05, 4.69) is 25.0 Å². The van der Waals surface area contributed by atoms with E-state index in [9.17, 15) is 27.5 Å². The minimum atomic E-state index is -3.41. The Hall–Kier alpha value is -3.08. The van der Waals surface area contributed by atoms with Crippen LogP contribution in [0.25, 0.3) is 0 Å². The molecule has 0 spiro atoms. The lowest BCUT2D eigenvalue weighted by molar-refractivity contribution is -0.0501. The summed E-state index contributed by atoms with van der Waals surface area (Å²) in [6, 6.07) is 1.25. The number of anilines is 1. The molecule has 0 unspecified atom stereocenters. The van der Waals surface area contributed by atoms with Crippen LogP contribution in [0.2, 0.25) is 0 Å². The number of carbonyl (C=O) groups is 2. The normalized spacial score (nSPS) is 20.7. The van der Waals surface area contributed by atoms with Gasteiger partial charge in [0.05, 0.1) is 11.9 Å². The summed E-state index contributed by atoms with van der Waals surface area (Å²) in [5.41, 5.74) is -1.03. The van der Waals surface area contributed by atoms with Crippen LogP contribution in [0.4, 0.5) is 19.4 Å². The molecule has 0 fully saturated rings. The molecule has 1 aliphatic heterocycles. The highest BCUT2D eigenvalue weighted by Crippen LogP contribution is 2.52. The third-order valence-electron chi connectivity index (χ3n) is 4.48. The van der Waals surface area contributed by atoms with Gasteiger partial charge in [0.25, 0.3) is 5.91 Å². The predicted octanol–water partition coefficient (Wildman–Crippen LogP) is 3.15. The van der Waals surface area contributed by atoms with Gasteiger partial charge < -0.3 is 15.2 Å². The summed E-state index contributed by atoms with van der Waals surface area (Å²) in [5.74, 6) is -1.24. The number of nitrogens with zero attached hydrogens (tertiary/aromatic N) is 4. The molecular weight excluding hydrogens is 486 g/mol. The van der Waals surface area contributed by atoms with E-state index in [1.165, 1.54) is 25.4 Å². The molecule has 0 saturated carbocycles.